The van der Waals surface area contributed by atoms with E-state index >= 15 is 0 Å². The maximum atomic E-state index is 5.48. The molecule has 1 aromatic carbocycles. The first-order chi connectivity index (χ1) is 9.60. The first-order valence-electron chi connectivity index (χ1n) is 7.66. The van der Waals surface area contributed by atoms with Crippen LogP contribution in [0, 0.1) is 12.8 Å². The zero-order valence-corrected chi connectivity index (χ0v) is 13.3. The highest BCUT2D eigenvalue weighted by Gasteiger charge is 2.18. The lowest BCUT2D eigenvalue weighted by Crippen LogP contribution is -2.38. The predicted octanol–water partition coefficient (Wildman–Crippen LogP) is 3.00. The number of methoxy groups -OCH3 is 1. The molecule has 1 aliphatic rings. The van der Waals surface area contributed by atoms with Gasteiger partial charge in [-0.3, -0.25) is 0 Å². The summed E-state index contributed by atoms with van der Waals surface area (Å²) in [6, 6.07) is 6.73. The zero-order valence-electron chi connectivity index (χ0n) is 13.3. The fourth-order valence-corrected chi connectivity index (χ4v) is 3.09. The first-order valence-corrected chi connectivity index (χ1v) is 7.66. The van der Waals surface area contributed by atoms with Crippen LogP contribution in [0.2, 0.25) is 0 Å². The van der Waals surface area contributed by atoms with Crippen molar-refractivity contribution in [3.63, 3.8) is 0 Å². The van der Waals surface area contributed by atoms with E-state index in [0.717, 1.165) is 18.2 Å². The third-order valence-corrected chi connectivity index (χ3v) is 4.29. The van der Waals surface area contributed by atoms with E-state index in [4.69, 9.17) is 4.74 Å². The SMILES string of the molecule is COc1ccc(C)cc1C(C)NCC1CCCN(C)C1. The van der Waals surface area contributed by atoms with Gasteiger partial charge in [-0.05, 0) is 58.8 Å². The van der Waals surface area contributed by atoms with Gasteiger partial charge >= 0.3 is 0 Å². The number of ether oxygens (including phenoxy) is 1. The summed E-state index contributed by atoms with van der Waals surface area (Å²) in [5.41, 5.74) is 2.54. The van der Waals surface area contributed by atoms with Gasteiger partial charge in [-0.2, -0.15) is 0 Å². The average Bonchev–Trinajstić information content (AvgIpc) is 2.45. The highest BCUT2D eigenvalue weighted by molar-refractivity contribution is 5.38. The van der Waals surface area contributed by atoms with Gasteiger partial charge in [0, 0.05) is 18.2 Å². The maximum Gasteiger partial charge on any atom is 0.123 e. The van der Waals surface area contributed by atoms with Crippen LogP contribution in [0.1, 0.15) is 36.9 Å². The van der Waals surface area contributed by atoms with Crippen LogP contribution in [0.15, 0.2) is 18.2 Å². The van der Waals surface area contributed by atoms with Crippen LogP contribution in [0.25, 0.3) is 0 Å². The van der Waals surface area contributed by atoms with E-state index in [1.54, 1.807) is 7.11 Å². The molecule has 2 rings (SSSR count). The Kier molecular flexibility index (Phi) is 5.44. The summed E-state index contributed by atoms with van der Waals surface area (Å²) in [5, 5.41) is 3.68. The summed E-state index contributed by atoms with van der Waals surface area (Å²) in [4.78, 5) is 2.44. The summed E-state index contributed by atoms with van der Waals surface area (Å²) in [6.07, 6.45) is 2.67. The van der Waals surface area contributed by atoms with Gasteiger partial charge in [0.25, 0.3) is 0 Å². The van der Waals surface area contributed by atoms with Crippen molar-refractivity contribution in [2.24, 2.45) is 5.92 Å². The highest BCUT2D eigenvalue weighted by Crippen LogP contribution is 2.26. The fourth-order valence-electron chi connectivity index (χ4n) is 3.09. The minimum Gasteiger partial charge on any atom is -0.496 e. The van der Waals surface area contributed by atoms with Crippen LogP contribution in [-0.4, -0.2) is 38.7 Å². The van der Waals surface area contributed by atoms with Crippen molar-refractivity contribution in [2.75, 3.05) is 33.8 Å². The molecule has 1 aromatic rings. The smallest absolute Gasteiger partial charge is 0.123 e. The Bertz CT molecular complexity index is 433. The van der Waals surface area contributed by atoms with E-state index < -0.39 is 0 Å². The Morgan fingerprint density at radius 3 is 2.95 bits per heavy atom. The normalized spacial score (nSPS) is 21.7. The molecule has 1 fully saturated rings. The Balaban J connectivity index is 1.94. The van der Waals surface area contributed by atoms with Crippen molar-refractivity contribution >= 4 is 0 Å². The molecular formula is C17H28N2O. The van der Waals surface area contributed by atoms with Gasteiger partial charge in [-0.1, -0.05) is 17.7 Å². The van der Waals surface area contributed by atoms with Gasteiger partial charge < -0.3 is 15.0 Å². The predicted molar refractivity (Wildman–Crippen MR) is 84.4 cm³/mol. The molecule has 1 N–H and O–H groups in total. The zero-order chi connectivity index (χ0) is 14.5. The number of nitrogens with one attached hydrogen (secondary N) is 1. The standard InChI is InChI=1S/C17H28N2O/c1-13-7-8-17(20-4)16(10-13)14(2)18-11-15-6-5-9-19(3)12-15/h7-8,10,14-15,18H,5-6,9,11-12H2,1-4H3. The van der Waals surface area contributed by atoms with Gasteiger partial charge in [-0.15, -0.1) is 0 Å². The Hall–Kier alpha value is -1.06. The average molecular weight is 276 g/mol. The number of likely N-dealkylation sites (tertiary alicyclic amines) is 1. The van der Waals surface area contributed by atoms with E-state index in [1.165, 1.54) is 37.1 Å². The molecule has 20 heavy (non-hydrogen) atoms. The van der Waals surface area contributed by atoms with Gasteiger partial charge in [0.1, 0.15) is 5.75 Å². The summed E-state index contributed by atoms with van der Waals surface area (Å²) in [5.74, 6) is 1.75. The molecule has 0 aliphatic carbocycles. The monoisotopic (exact) mass is 276 g/mol. The quantitative estimate of drug-likeness (QED) is 0.895. The molecule has 2 atom stereocenters. The molecule has 1 heterocycles. The summed E-state index contributed by atoms with van der Waals surface area (Å²) in [6.45, 7) is 7.90. The third kappa shape index (κ3) is 3.97. The minimum absolute atomic E-state index is 0.331. The molecule has 1 aliphatic heterocycles. The van der Waals surface area contributed by atoms with E-state index in [0.29, 0.717) is 6.04 Å². The second kappa shape index (κ2) is 7.09. The first kappa shape index (κ1) is 15.3. The third-order valence-electron chi connectivity index (χ3n) is 4.29. The number of aryl methyl sites for hydroxylation is 1. The molecule has 0 spiro atoms. The number of rotatable bonds is 5. The second-order valence-corrected chi connectivity index (χ2v) is 6.15. The molecule has 112 valence electrons. The molecule has 0 amide bonds. The van der Waals surface area contributed by atoms with Gasteiger partial charge in [0.05, 0.1) is 7.11 Å². The maximum absolute atomic E-state index is 5.48. The number of hydrogen-bond acceptors (Lipinski definition) is 3. The van der Waals surface area contributed by atoms with Crippen molar-refractivity contribution in [3.8, 4) is 5.75 Å². The summed E-state index contributed by atoms with van der Waals surface area (Å²) < 4.78 is 5.48. The van der Waals surface area contributed by atoms with Gasteiger partial charge in [0.15, 0.2) is 0 Å². The van der Waals surface area contributed by atoms with E-state index in [2.05, 4.69) is 49.3 Å². The van der Waals surface area contributed by atoms with Gasteiger partial charge in [-0.25, -0.2) is 0 Å². The van der Waals surface area contributed by atoms with Crippen molar-refractivity contribution in [2.45, 2.75) is 32.7 Å². The molecule has 1 saturated heterocycles. The Morgan fingerprint density at radius 1 is 1.45 bits per heavy atom. The van der Waals surface area contributed by atoms with Crippen molar-refractivity contribution in [1.29, 1.82) is 0 Å². The molecule has 2 unspecified atom stereocenters. The van der Waals surface area contributed by atoms with E-state index in [9.17, 15) is 0 Å². The molecule has 0 bridgehead atoms. The second-order valence-electron chi connectivity index (χ2n) is 6.15. The largest absolute Gasteiger partial charge is 0.496 e. The minimum atomic E-state index is 0.331. The lowest BCUT2D eigenvalue weighted by molar-refractivity contribution is 0.203. The van der Waals surface area contributed by atoms with Crippen LogP contribution in [0.4, 0.5) is 0 Å². The van der Waals surface area contributed by atoms with Crippen LogP contribution in [-0.2, 0) is 0 Å². The van der Waals surface area contributed by atoms with Crippen LogP contribution in [0.5, 0.6) is 5.75 Å². The summed E-state index contributed by atoms with van der Waals surface area (Å²) in [7, 11) is 3.97. The fraction of sp³-hybridized carbons (Fsp3) is 0.647. The molecule has 0 radical (unpaired) electrons. The van der Waals surface area contributed by atoms with Crippen LogP contribution in [0.3, 0.4) is 0 Å². The molecule has 3 nitrogen and oxygen atoms in total. The molecule has 3 heteroatoms. The van der Waals surface area contributed by atoms with E-state index in [1.807, 2.05) is 0 Å². The van der Waals surface area contributed by atoms with Crippen LogP contribution >= 0.6 is 0 Å². The molecule has 0 saturated carbocycles. The number of hydrogen-bond donors (Lipinski definition) is 1. The lowest BCUT2D eigenvalue weighted by Gasteiger charge is -2.31. The lowest BCUT2D eigenvalue weighted by atomic mass is 9.97. The van der Waals surface area contributed by atoms with Gasteiger partial charge in [0.2, 0.25) is 0 Å². The van der Waals surface area contributed by atoms with Crippen molar-refractivity contribution < 1.29 is 4.74 Å². The van der Waals surface area contributed by atoms with Crippen molar-refractivity contribution in [3.05, 3.63) is 29.3 Å². The Morgan fingerprint density at radius 2 is 2.25 bits per heavy atom. The number of benzene rings is 1. The van der Waals surface area contributed by atoms with E-state index in [-0.39, 0.29) is 0 Å². The van der Waals surface area contributed by atoms with Crippen LogP contribution < -0.4 is 10.1 Å². The molecular weight excluding hydrogens is 248 g/mol. The topological polar surface area (TPSA) is 24.5 Å². The van der Waals surface area contributed by atoms with Crippen molar-refractivity contribution in [1.82, 2.24) is 10.2 Å². The molecule has 0 aromatic heterocycles. The number of piperidine rings is 1. The number of nitrogens with zero attached hydrogens (tertiary/aromatic N) is 1. The Labute approximate surface area is 123 Å². The highest BCUT2D eigenvalue weighted by atomic mass is 16.5. The summed E-state index contributed by atoms with van der Waals surface area (Å²) >= 11 is 0.